The third-order valence-corrected chi connectivity index (χ3v) is 5.22. The molecule has 9 heteroatoms. The maximum Gasteiger partial charge on any atom is 0.226 e. The van der Waals surface area contributed by atoms with E-state index in [4.69, 9.17) is 4.98 Å². The predicted molar refractivity (Wildman–Crippen MR) is 123 cm³/mol. The Balaban J connectivity index is 1.63. The molecule has 0 saturated carbocycles. The van der Waals surface area contributed by atoms with Crippen molar-refractivity contribution in [2.75, 3.05) is 17.2 Å². The Morgan fingerprint density at radius 3 is 2.61 bits per heavy atom. The molecule has 31 heavy (non-hydrogen) atoms. The summed E-state index contributed by atoms with van der Waals surface area (Å²) in [7, 11) is 1.95. The molecule has 0 amide bonds. The second kappa shape index (κ2) is 7.98. The van der Waals surface area contributed by atoms with Crippen LogP contribution in [0.4, 0.5) is 17.5 Å². The van der Waals surface area contributed by atoms with Crippen LogP contribution < -0.4 is 10.6 Å². The molecular weight excluding hydrogens is 390 g/mol. The van der Waals surface area contributed by atoms with Gasteiger partial charge in [-0.1, -0.05) is 32.9 Å². The first-order chi connectivity index (χ1) is 14.7. The Labute approximate surface area is 181 Å². The molecule has 0 aliphatic carbocycles. The van der Waals surface area contributed by atoms with Gasteiger partial charge in [-0.15, -0.1) is 10.2 Å². The maximum atomic E-state index is 4.76. The number of aryl methyl sites for hydroxylation is 3. The van der Waals surface area contributed by atoms with Crippen LogP contribution in [0.2, 0.25) is 0 Å². The highest BCUT2D eigenvalue weighted by atomic mass is 15.2. The first kappa shape index (κ1) is 20.8. The largest absolute Gasteiger partial charge is 0.354 e. The van der Waals surface area contributed by atoms with Crippen molar-refractivity contribution in [2.24, 2.45) is 7.05 Å². The topological polar surface area (TPSA) is 109 Å². The highest BCUT2D eigenvalue weighted by Gasteiger charge is 2.17. The number of fused-ring (bicyclic) bond motifs is 1. The number of nitrogens with one attached hydrogen (secondary N) is 3. The van der Waals surface area contributed by atoms with Crippen LogP contribution in [0.25, 0.3) is 11.2 Å². The van der Waals surface area contributed by atoms with Crippen molar-refractivity contribution in [2.45, 2.75) is 46.5 Å². The standard InChI is InChI=1S/C22H29N9/c1-13-7-8-15(22(3,4)5)11-16(13)26-20-18-19(24-12-31(18)6)27-21(28-20)23-10-9-17-25-14(2)29-30-17/h7-8,11-12H,9-10H2,1-6H3,(H,25,29,30)(H2,23,26,27,28). The minimum Gasteiger partial charge on any atom is -0.354 e. The quantitative estimate of drug-likeness (QED) is 0.436. The number of hydrogen-bond acceptors (Lipinski definition) is 7. The lowest BCUT2D eigenvalue weighted by molar-refractivity contribution is 0.590. The number of imidazole rings is 1. The van der Waals surface area contributed by atoms with Crippen LogP contribution in [-0.2, 0) is 18.9 Å². The summed E-state index contributed by atoms with van der Waals surface area (Å²) in [5.74, 6) is 2.88. The number of nitrogens with zero attached hydrogens (tertiary/aromatic N) is 6. The number of hydrogen-bond donors (Lipinski definition) is 3. The Hall–Kier alpha value is -3.49. The molecule has 4 aromatic rings. The molecule has 0 fully saturated rings. The summed E-state index contributed by atoms with van der Waals surface area (Å²) < 4.78 is 1.93. The molecule has 0 saturated heterocycles. The number of aromatic nitrogens is 7. The summed E-state index contributed by atoms with van der Waals surface area (Å²) in [4.78, 5) is 16.9. The van der Waals surface area contributed by atoms with E-state index in [2.05, 4.69) is 81.7 Å². The fourth-order valence-corrected chi connectivity index (χ4v) is 3.37. The summed E-state index contributed by atoms with van der Waals surface area (Å²) in [6.45, 7) is 11.2. The van der Waals surface area contributed by atoms with E-state index in [1.54, 1.807) is 6.33 Å². The van der Waals surface area contributed by atoms with Crippen LogP contribution in [0.5, 0.6) is 0 Å². The molecule has 0 radical (unpaired) electrons. The molecule has 4 rings (SSSR count). The molecule has 3 aromatic heterocycles. The number of aromatic amines is 1. The number of rotatable bonds is 6. The van der Waals surface area contributed by atoms with E-state index in [-0.39, 0.29) is 5.41 Å². The molecule has 0 atom stereocenters. The van der Waals surface area contributed by atoms with Gasteiger partial charge in [-0.25, -0.2) is 4.98 Å². The van der Waals surface area contributed by atoms with Crippen molar-refractivity contribution in [1.82, 2.24) is 34.7 Å². The van der Waals surface area contributed by atoms with Gasteiger partial charge >= 0.3 is 0 Å². The van der Waals surface area contributed by atoms with Gasteiger partial charge in [0.2, 0.25) is 5.95 Å². The third-order valence-electron chi connectivity index (χ3n) is 5.22. The first-order valence-electron chi connectivity index (χ1n) is 10.4. The molecule has 0 aliphatic rings. The van der Waals surface area contributed by atoms with Crippen molar-refractivity contribution in [3.8, 4) is 0 Å². The zero-order valence-electron chi connectivity index (χ0n) is 18.9. The molecule has 1 aromatic carbocycles. The van der Waals surface area contributed by atoms with Crippen molar-refractivity contribution in [3.63, 3.8) is 0 Å². The number of H-pyrrole nitrogens is 1. The summed E-state index contributed by atoms with van der Waals surface area (Å²) in [5.41, 5.74) is 4.99. The van der Waals surface area contributed by atoms with E-state index in [1.807, 2.05) is 18.5 Å². The first-order valence-corrected chi connectivity index (χ1v) is 10.4. The minimum atomic E-state index is 0.0590. The van der Waals surface area contributed by atoms with Gasteiger partial charge in [0, 0.05) is 25.7 Å². The Morgan fingerprint density at radius 2 is 1.90 bits per heavy atom. The Bertz CT molecular complexity index is 1210. The van der Waals surface area contributed by atoms with Gasteiger partial charge in [0.15, 0.2) is 11.5 Å². The molecule has 0 unspecified atom stereocenters. The molecule has 3 N–H and O–H groups in total. The van der Waals surface area contributed by atoms with Gasteiger partial charge in [-0.2, -0.15) is 9.97 Å². The molecule has 162 valence electrons. The third kappa shape index (κ3) is 4.50. The molecule has 0 aliphatic heterocycles. The fraction of sp³-hybridized carbons (Fsp3) is 0.409. The van der Waals surface area contributed by atoms with Gasteiger partial charge in [-0.05, 0) is 36.5 Å². The maximum absolute atomic E-state index is 4.76. The van der Waals surface area contributed by atoms with Crippen LogP contribution in [-0.4, -0.2) is 41.2 Å². The zero-order chi connectivity index (χ0) is 22.2. The van der Waals surface area contributed by atoms with Crippen LogP contribution in [0, 0.1) is 13.8 Å². The van der Waals surface area contributed by atoms with Crippen molar-refractivity contribution >= 4 is 28.6 Å². The average Bonchev–Trinajstić information content (AvgIpc) is 3.28. The average molecular weight is 420 g/mol. The van der Waals surface area contributed by atoms with E-state index in [0.717, 1.165) is 34.2 Å². The van der Waals surface area contributed by atoms with Crippen LogP contribution in [0.15, 0.2) is 24.5 Å². The fourth-order valence-electron chi connectivity index (χ4n) is 3.37. The van der Waals surface area contributed by atoms with Crippen molar-refractivity contribution in [3.05, 3.63) is 47.3 Å². The van der Waals surface area contributed by atoms with E-state index in [1.165, 1.54) is 5.56 Å². The monoisotopic (exact) mass is 419 g/mol. The van der Waals surface area contributed by atoms with Crippen LogP contribution in [0.1, 0.15) is 43.5 Å². The predicted octanol–water partition coefficient (Wildman–Crippen LogP) is 3.79. The summed E-state index contributed by atoms with van der Waals surface area (Å²) >= 11 is 0. The van der Waals surface area contributed by atoms with Gasteiger partial charge < -0.3 is 20.2 Å². The highest BCUT2D eigenvalue weighted by molar-refractivity contribution is 5.87. The normalized spacial score (nSPS) is 11.8. The summed E-state index contributed by atoms with van der Waals surface area (Å²) in [6, 6.07) is 6.51. The molecule has 0 spiro atoms. The SMILES string of the molecule is Cc1nnc(CCNc2nc(Nc3cc(C(C)(C)C)ccc3C)c3c(ncn3C)n2)[nH]1. The zero-order valence-corrected chi connectivity index (χ0v) is 18.9. The molecular formula is C22H29N9. The minimum absolute atomic E-state index is 0.0590. The smallest absolute Gasteiger partial charge is 0.226 e. The summed E-state index contributed by atoms with van der Waals surface area (Å²) in [5, 5.41) is 14.9. The number of anilines is 3. The lowest BCUT2D eigenvalue weighted by Crippen LogP contribution is -2.12. The van der Waals surface area contributed by atoms with Gasteiger partial charge in [0.25, 0.3) is 0 Å². The lowest BCUT2D eigenvalue weighted by atomic mass is 9.86. The Morgan fingerprint density at radius 1 is 1.10 bits per heavy atom. The number of benzene rings is 1. The molecule has 9 nitrogen and oxygen atoms in total. The second-order valence-electron chi connectivity index (χ2n) is 8.86. The van der Waals surface area contributed by atoms with Gasteiger partial charge in [-0.3, -0.25) is 0 Å². The second-order valence-corrected chi connectivity index (χ2v) is 8.86. The molecule has 0 bridgehead atoms. The highest BCUT2D eigenvalue weighted by Crippen LogP contribution is 2.30. The summed E-state index contributed by atoms with van der Waals surface area (Å²) in [6.07, 6.45) is 2.45. The molecule has 3 heterocycles. The van der Waals surface area contributed by atoms with Crippen molar-refractivity contribution in [1.29, 1.82) is 0 Å². The van der Waals surface area contributed by atoms with Crippen molar-refractivity contribution < 1.29 is 0 Å². The van der Waals surface area contributed by atoms with E-state index in [0.29, 0.717) is 24.6 Å². The lowest BCUT2D eigenvalue weighted by Gasteiger charge is -2.21. The van der Waals surface area contributed by atoms with E-state index < -0.39 is 0 Å². The van der Waals surface area contributed by atoms with E-state index in [9.17, 15) is 0 Å². The van der Waals surface area contributed by atoms with E-state index >= 15 is 0 Å². The van der Waals surface area contributed by atoms with Crippen LogP contribution in [0.3, 0.4) is 0 Å². The van der Waals surface area contributed by atoms with Gasteiger partial charge in [0.1, 0.15) is 17.2 Å². The van der Waals surface area contributed by atoms with Crippen LogP contribution >= 0.6 is 0 Å². The van der Waals surface area contributed by atoms with Gasteiger partial charge in [0.05, 0.1) is 6.33 Å². The Kier molecular flexibility index (Phi) is 5.34.